The number of hydrogen-bond acceptors (Lipinski definition) is 3. The Morgan fingerprint density at radius 1 is 1.06 bits per heavy atom. The molecule has 2 atom stereocenters. The Kier molecular flexibility index (Phi) is 5.05. The monoisotopic (exact) mass is 255 g/mol. The van der Waals surface area contributed by atoms with Gasteiger partial charge in [0.2, 0.25) is 0 Å². The number of nitrogens with one attached hydrogen (secondary N) is 1. The summed E-state index contributed by atoms with van der Waals surface area (Å²) >= 11 is 0. The standard InChI is InChI=1S/C15H29NO2/c1-12-9-15(11-17,10-13(2)18-12)16-14-7-5-3-4-6-8-14/h12-14,16-17H,3-11H2,1-2H3. The van der Waals surface area contributed by atoms with Crippen molar-refractivity contribution in [1.82, 2.24) is 5.32 Å². The molecule has 0 radical (unpaired) electrons. The molecular formula is C15H29NO2. The fraction of sp³-hybridized carbons (Fsp3) is 1.00. The Balaban J connectivity index is 1.97. The van der Waals surface area contributed by atoms with Gasteiger partial charge in [0.1, 0.15) is 0 Å². The van der Waals surface area contributed by atoms with E-state index in [9.17, 15) is 5.11 Å². The van der Waals surface area contributed by atoms with Gasteiger partial charge in [-0.25, -0.2) is 0 Å². The van der Waals surface area contributed by atoms with Crippen LogP contribution in [-0.4, -0.2) is 35.5 Å². The van der Waals surface area contributed by atoms with E-state index in [2.05, 4.69) is 19.2 Å². The molecule has 1 heterocycles. The van der Waals surface area contributed by atoms with Crippen molar-refractivity contribution in [1.29, 1.82) is 0 Å². The van der Waals surface area contributed by atoms with Crippen LogP contribution in [0.5, 0.6) is 0 Å². The van der Waals surface area contributed by atoms with Crippen molar-refractivity contribution in [2.45, 2.75) is 89.0 Å². The summed E-state index contributed by atoms with van der Waals surface area (Å²) in [6, 6.07) is 0.595. The average Bonchev–Trinajstić information content (AvgIpc) is 2.56. The fourth-order valence-electron chi connectivity index (χ4n) is 3.83. The minimum absolute atomic E-state index is 0.105. The molecule has 1 saturated carbocycles. The Labute approximate surface area is 111 Å². The van der Waals surface area contributed by atoms with Crippen LogP contribution in [0.3, 0.4) is 0 Å². The number of aliphatic hydroxyl groups is 1. The van der Waals surface area contributed by atoms with Crippen LogP contribution in [0.2, 0.25) is 0 Å². The zero-order valence-corrected chi connectivity index (χ0v) is 12.0. The van der Waals surface area contributed by atoms with Crippen LogP contribution in [0.1, 0.15) is 65.2 Å². The van der Waals surface area contributed by atoms with Crippen molar-refractivity contribution in [3.63, 3.8) is 0 Å². The summed E-state index contributed by atoms with van der Waals surface area (Å²) in [5.74, 6) is 0. The Morgan fingerprint density at radius 3 is 2.11 bits per heavy atom. The maximum absolute atomic E-state index is 9.86. The molecular weight excluding hydrogens is 226 g/mol. The first-order valence-electron chi connectivity index (χ1n) is 7.67. The van der Waals surface area contributed by atoms with Gasteiger partial charge in [-0.1, -0.05) is 25.7 Å². The molecule has 2 rings (SSSR count). The second kappa shape index (κ2) is 6.36. The van der Waals surface area contributed by atoms with Gasteiger partial charge in [-0.05, 0) is 39.5 Å². The molecule has 3 nitrogen and oxygen atoms in total. The molecule has 1 aliphatic heterocycles. The smallest absolute Gasteiger partial charge is 0.0615 e. The summed E-state index contributed by atoms with van der Waals surface area (Å²) in [6.07, 6.45) is 10.3. The van der Waals surface area contributed by atoms with Crippen LogP contribution in [0.15, 0.2) is 0 Å². The van der Waals surface area contributed by atoms with E-state index in [0.717, 1.165) is 12.8 Å². The first-order chi connectivity index (χ1) is 8.63. The lowest BCUT2D eigenvalue weighted by Crippen LogP contribution is -2.58. The molecule has 2 fully saturated rings. The zero-order valence-electron chi connectivity index (χ0n) is 12.0. The van der Waals surface area contributed by atoms with E-state index in [1.807, 2.05) is 0 Å². The van der Waals surface area contributed by atoms with E-state index < -0.39 is 0 Å². The van der Waals surface area contributed by atoms with Crippen LogP contribution in [0.4, 0.5) is 0 Å². The van der Waals surface area contributed by atoms with Crippen molar-refractivity contribution in [2.24, 2.45) is 0 Å². The van der Waals surface area contributed by atoms with Crippen molar-refractivity contribution in [3.05, 3.63) is 0 Å². The molecule has 1 aliphatic carbocycles. The molecule has 106 valence electrons. The summed E-state index contributed by atoms with van der Waals surface area (Å²) in [5, 5.41) is 13.7. The van der Waals surface area contributed by atoms with Crippen molar-refractivity contribution in [3.8, 4) is 0 Å². The number of ether oxygens (including phenoxy) is 1. The van der Waals surface area contributed by atoms with Crippen molar-refractivity contribution in [2.75, 3.05) is 6.61 Å². The summed E-state index contributed by atoms with van der Waals surface area (Å²) in [5.41, 5.74) is -0.105. The van der Waals surface area contributed by atoms with Gasteiger partial charge in [0, 0.05) is 11.6 Å². The summed E-state index contributed by atoms with van der Waals surface area (Å²) in [7, 11) is 0. The lowest BCUT2D eigenvalue weighted by atomic mass is 9.83. The topological polar surface area (TPSA) is 41.5 Å². The SMILES string of the molecule is CC1CC(CO)(NC2CCCCCC2)CC(C)O1. The quantitative estimate of drug-likeness (QED) is 0.762. The first kappa shape index (κ1) is 14.3. The maximum atomic E-state index is 9.86. The lowest BCUT2D eigenvalue weighted by molar-refractivity contribution is -0.0842. The Hall–Kier alpha value is -0.120. The molecule has 0 amide bonds. The Morgan fingerprint density at radius 2 is 1.61 bits per heavy atom. The van der Waals surface area contributed by atoms with Gasteiger partial charge in [-0.3, -0.25) is 0 Å². The highest BCUT2D eigenvalue weighted by Crippen LogP contribution is 2.30. The summed E-state index contributed by atoms with van der Waals surface area (Å²) < 4.78 is 5.81. The highest BCUT2D eigenvalue weighted by Gasteiger charge is 2.39. The van der Waals surface area contributed by atoms with Gasteiger partial charge in [-0.15, -0.1) is 0 Å². The van der Waals surface area contributed by atoms with Gasteiger partial charge in [0.25, 0.3) is 0 Å². The third kappa shape index (κ3) is 3.69. The van der Waals surface area contributed by atoms with Crippen LogP contribution in [0.25, 0.3) is 0 Å². The molecule has 2 aliphatic rings. The third-order valence-electron chi connectivity index (χ3n) is 4.49. The summed E-state index contributed by atoms with van der Waals surface area (Å²) in [4.78, 5) is 0. The zero-order chi connectivity index (χ0) is 13.0. The van der Waals surface area contributed by atoms with E-state index in [4.69, 9.17) is 4.74 Å². The normalized spacial score (nSPS) is 39.5. The predicted octanol–water partition coefficient (Wildman–Crippen LogP) is 2.62. The van der Waals surface area contributed by atoms with E-state index in [-0.39, 0.29) is 24.4 Å². The molecule has 2 N–H and O–H groups in total. The highest BCUT2D eigenvalue weighted by molar-refractivity contribution is 4.96. The minimum atomic E-state index is -0.105. The van der Waals surface area contributed by atoms with Crippen molar-refractivity contribution >= 4 is 0 Å². The van der Waals surface area contributed by atoms with Gasteiger partial charge in [-0.2, -0.15) is 0 Å². The molecule has 0 spiro atoms. The lowest BCUT2D eigenvalue weighted by Gasteiger charge is -2.44. The molecule has 1 saturated heterocycles. The van der Waals surface area contributed by atoms with Crippen LogP contribution >= 0.6 is 0 Å². The molecule has 2 unspecified atom stereocenters. The second-order valence-electron chi connectivity index (χ2n) is 6.44. The first-order valence-corrected chi connectivity index (χ1v) is 7.67. The van der Waals surface area contributed by atoms with Crippen LogP contribution in [-0.2, 0) is 4.74 Å². The van der Waals surface area contributed by atoms with Crippen molar-refractivity contribution < 1.29 is 9.84 Å². The van der Waals surface area contributed by atoms with E-state index in [1.54, 1.807) is 0 Å². The van der Waals surface area contributed by atoms with Gasteiger partial charge in [0.15, 0.2) is 0 Å². The number of aliphatic hydroxyl groups excluding tert-OH is 1. The Bertz CT molecular complexity index is 239. The molecule has 0 bridgehead atoms. The molecule has 0 aromatic carbocycles. The molecule has 18 heavy (non-hydrogen) atoms. The van der Waals surface area contributed by atoms with E-state index in [1.165, 1.54) is 38.5 Å². The van der Waals surface area contributed by atoms with Gasteiger partial charge in [0.05, 0.1) is 18.8 Å². The largest absolute Gasteiger partial charge is 0.394 e. The summed E-state index contributed by atoms with van der Waals surface area (Å²) in [6.45, 7) is 4.48. The predicted molar refractivity (Wildman–Crippen MR) is 73.7 cm³/mol. The van der Waals surface area contributed by atoms with Gasteiger partial charge < -0.3 is 15.2 Å². The fourth-order valence-corrected chi connectivity index (χ4v) is 3.83. The third-order valence-corrected chi connectivity index (χ3v) is 4.49. The highest BCUT2D eigenvalue weighted by atomic mass is 16.5. The van der Waals surface area contributed by atoms with Crippen LogP contribution in [0, 0.1) is 0 Å². The van der Waals surface area contributed by atoms with E-state index in [0.29, 0.717) is 6.04 Å². The minimum Gasteiger partial charge on any atom is -0.394 e. The molecule has 0 aromatic heterocycles. The van der Waals surface area contributed by atoms with Gasteiger partial charge >= 0.3 is 0 Å². The van der Waals surface area contributed by atoms with Crippen LogP contribution < -0.4 is 5.32 Å². The molecule has 3 heteroatoms. The van der Waals surface area contributed by atoms with E-state index >= 15 is 0 Å². The number of hydrogen-bond donors (Lipinski definition) is 2. The average molecular weight is 255 g/mol. The number of rotatable bonds is 3. The second-order valence-corrected chi connectivity index (χ2v) is 6.44. The molecule has 0 aromatic rings. The maximum Gasteiger partial charge on any atom is 0.0615 e.